The van der Waals surface area contributed by atoms with Crippen LogP contribution >= 0.6 is 0 Å². The van der Waals surface area contributed by atoms with Crippen LogP contribution in [0.4, 0.5) is 0 Å². The van der Waals surface area contributed by atoms with Crippen LogP contribution in [0.15, 0.2) is 24.8 Å². The monoisotopic (exact) mass is 327 g/mol. The number of hydrogen-bond acceptors (Lipinski definition) is 3. The van der Waals surface area contributed by atoms with Gasteiger partial charge in [0.1, 0.15) is 5.82 Å². The van der Waals surface area contributed by atoms with Gasteiger partial charge in [0.2, 0.25) is 5.91 Å². The summed E-state index contributed by atoms with van der Waals surface area (Å²) in [7, 11) is 0. The van der Waals surface area contributed by atoms with Crippen molar-refractivity contribution in [3.8, 4) is 0 Å². The summed E-state index contributed by atoms with van der Waals surface area (Å²) in [6.45, 7) is 6.30. The quantitative estimate of drug-likeness (QED) is 0.886. The van der Waals surface area contributed by atoms with Crippen LogP contribution < -0.4 is 0 Å². The zero-order valence-corrected chi connectivity index (χ0v) is 14.4. The van der Waals surface area contributed by atoms with E-state index in [1.165, 1.54) is 12.8 Å². The molecule has 3 heterocycles. The molecule has 1 amide bonds. The number of rotatable bonds is 6. The molecule has 1 aliphatic heterocycles. The van der Waals surface area contributed by atoms with E-state index in [-0.39, 0.29) is 17.4 Å². The van der Waals surface area contributed by atoms with E-state index in [1.54, 1.807) is 6.20 Å². The molecular formula is C18H25N5O. The first-order valence-electron chi connectivity index (χ1n) is 8.83. The first kappa shape index (κ1) is 15.4. The number of imidazole rings is 1. The first-order valence-corrected chi connectivity index (χ1v) is 8.83. The molecule has 0 spiro atoms. The Kier molecular flexibility index (Phi) is 3.70. The minimum Gasteiger partial charge on any atom is -0.333 e. The minimum absolute atomic E-state index is 0.0813. The Morgan fingerprint density at radius 3 is 2.92 bits per heavy atom. The van der Waals surface area contributed by atoms with Gasteiger partial charge in [-0.15, -0.1) is 0 Å². The van der Waals surface area contributed by atoms with E-state index in [0.717, 1.165) is 36.8 Å². The van der Waals surface area contributed by atoms with Gasteiger partial charge in [0.05, 0.1) is 12.2 Å². The van der Waals surface area contributed by atoms with Crippen molar-refractivity contribution in [2.75, 3.05) is 6.54 Å². The highest BCUT2D eigenvalue weighted by Crippen LogP contribution is 2.48. The lowest BCUT2D eigenvalue weighted by molar-refractivity contribution is -0.153. The van der Waals surface area contributed by atoms with E-state index in [4.69, 9.17) is 0 Å². The molecule has 24 heavy (non-hydrogen) atoms. The third-order valence-corrected chi connectivity index (χ3v) is 5.28. The number of aryl methyl sites for hydroxylation is 1. The number of H-pyrrole nitrogens is 1. The standard InChI is InChI=1S/C18H25N5O/c1-18(2)12-23(15(24)6-5-14-9-20-21-10-14)16(18)17-19-7-8-22(17)11-13-3-4-13/h7-10,13,16H,3-6,11-12H2,1-2H3,(H,20,21). The molecule has 1 unspecified atom stereocenters. The van der Waals surface area contributed by atoms with E-state index in [0.29, 0.717) is 6.42 Å². The second-order valence-electron chi connectivity index (χ2n) is 7.90. The Bertz CT molecular complexity index is 714. The maximum Gasteiger partial charge on any atom is 0.223 e. The van der Waals surface area contributed by atoms with Crippen molar-refractivity contribution in [1.82, 2.24) is 24.6 Å². The zero-order valence-electron chi connectivity index (χ0n) is 14.4. The van der Waals surface area contributed by atoms with Gasteiger partial charge >= 0.3 is 0 Å². The van der Waals surface area contributed by atoms with Gasteiger partial charge in [-0.1, -0.05) is 13.8 Å². The van der Waals surface area contributed by atoms with Crippen LogP contribution in [0.25, 0.3) is 0 Å². The Morgan fingerprint density at radius 2 is 2.25 bits per heavy atom. The summed E-state index contributed by atoms with van der Waals surface area (Å²) in [5, 5.41) is 6.74. The maximum absolute atomic E-state index is 12.7. The molecule has 4 rings (SSSR count). The lowest BCUT2D eigenvalue weighted by Crippen LogP contribution is -2.58. The minimum atomic E-state index is 0.0813. The molecule has 0 aromatic carbocycles. The Hall–Kier alpha value is -2.11. The van der Waals surface area contributed by atoms with Gasteiger partial charge in [0.15, 0.2) is 0 Å². The van der Waals surface area contributed by atoms with Crippen molar-refractivity contribution < 1.29 is 4.79 Å². The molecule has 2 fully saturated rings. The highest BCUT2D eigenvalue weighted by Gasteiger charge is 2.50. The number of likely N-dealkylation sites (tertiary alicyclic amines) is 1. The predicted octanol–water partition coefficient (Wildman–Crippen LogP) is 2.56. The number of aromatic nitrogens is 4. The number of hydrogen-bond donors (Lipinski definition) is 1. The molecule has 1 saturated carbocycles. The average molecular weight is 327 g/mol. The number of aromatic amines is 1. The van der Waals surface area contributed by atoms with E-state index in [9.17, 15) is 4.79 Å². The van der Waals surface area contributed by atoms with Gasteiger partial charge in [-0.25, -0.2) is 4.98 Å². The van der Waals surface area contributed by atoms with Crippen LogP contribution in [-0.4, -0.2) is 37.1 Å². The maximum atomic E-state index is 12.7. The smallest absolute Gasteiger partial charge is 0.223 e. The van der Waals surface area contributed by atoms with Gasteiger partial charge in [0, 0.05) is 43.5 Å². The number of nitrogens with one attached hydrogen (secondary N) is 1. The summed E-state index contributed by atoms with van der Waals surface area (Å²) in [4.78, 5) is 19.3. The Labute approximate surface area is 142 Å². The van der Waals surface area contributed by atoms with Crippen molar-refractivity contribution in [2.24, 2.45) is 11.3 Å². The third-order valence-electron chi connectivity index (χ3n) is 5.28. The zero-order chi connectivity index (χ0) is 16.7. The topological polar surface area (TPSA) is 66.8 Å². The van der Waals surface area contributed by atoms with Crippen molar-refractivity contribution in [3.05, 3.63) is 36.2 Å². The average Bonchev–Trinajstić information content (AvgIpc) is 3.01. The molecule has 1 N–H and O–H groups in total. The van der Waals surface area contributed by atoms with E-state index < -0.39 is 0 Å². The molecule has 128 valence electrons. The summed E-state index contributed by atoms with van der Waals surface area (Å²) in [5.41, 5.74) is 1.16. The molecule has 2 aliphatic rings. The predicted molar refractivity (Wildman–Crippen MR) is 90.1 cm³/mol. The summed E-state index contributed by atoms with van der Waals surface area (Å²) < 4.78 is 2.26. The Morgan fingerprint density at radius 1 is 1.42 bits per heavy atom. The van der Waals surface area contributed by atoms with Crippen molar-refractivity contribution in [3.63, 3.8) is 0 Å². The molecule has 0 bridgehead atoms. The first-order chi connectivity index (χ1) is 11.5. The molecule has 2 aromatic heterocycles. The number of carbonyl (C=O) groups excluding carboxylic acids is 1. The fourth-order valence-electron chi connectivity index (χ4n) is 3.76. The molecule has 6 nitrogen and oxygen atoms in total. The summed E-state index contributed by atoms with van der Waals surface area (Å²) in [6, 6.07) is 0.0862. The molecular weight excluding hydrogens is 302 g/mol. The fraction of sp³-hybridized carbons (Fsp3) is 0.611. The Balaban J connectivity index is 1.47. The van der Waals surface area contributed by atoms with Crippen LogP contribution in [0.2, 0.25) is 0 Å². The lowest BCUT2D eigenvalue weighted by atomic mass is 9.74. The van der Waals surface area contributed by atoms with E-state index >= 15 is 0 Å². The van der Waals surface area contributed by atoms with Crippen molar-refractivity contribution in [2.45, 2.75) is 52.1 Å². The molecule has 0 radical (unpaired) electrons. The number of nitrogens with zero attached hydrogens (tertiary/aromatic N) is 4. The second kappa shape index (κ2) is 5.76. The summed E-state index contributed by atoms with van der Waals surface area (Å²) >= 11 is 0. The molecule has 6 heteroatoms. The third kappa shape index (κ3) is 2.85. The van der Waals surface area contributed by atoms with Crippen LogP contribution in [-0.2, 0) is 17.8 Å². The SMILES string of the molecule is CC1(C)CN(C(=O)CCc2cn[nH]c2)C1c1nccn1CC1CC1. The van der Waals surface area contributed by atoms with E-state index in [1.807, 2.05) is 17.3 Å². The molecule has 1 atom stereocenters. The highest BCUT2D eigenvalue weighted by atomic mass is 16.2. The van der Waals surface area contributed by atoms with Crippen molar-refractivity contribution >= 4 is 5.91 Å². The molecule has 1 saturated heterocycles. The second-order valence-corrected chi connectivity index (χ2v) is 7.90. The van der Waals surface area contributed by atoms with E-state index in [2.05, 4.69) is 39.8 Å². The van der Waals surface area contributed by atoms with Gasteiger partial charge in [-0.2, -0.15) is 5.10 Å². The van der Waals surface area contributed by atoms with Gasteiger partial charge < -0.3 is 9.47 Å². The summed E-state index contributed by atoms with van der Waals surface area (Å²) in [5.74, 6) is 2.06. The van der Waals surface area contributed by atoms with Gasteiger partial charge in [0.25, 0.3) is 0 Å². The molecule has 2 aromatic rings. The van der Waals surface area contributed by atoms with Crippen LogP contribution in [0, 0.1) is 11.3 Å². The van der Waals surface area contributed by atoms with Crippen LogP contribution in [0.1, 0.15) is 50.5 Å². The van der Waals surface area contributed by atoms with Crippen LogP contribution in [0.3, 0.4) is 0 Å². The number of carbonyl (C=O) groups is 1. The normalized spacial score (nSPS) is 22.4. The number of amides is 1. The van der Waals surface area contributed by atoms with Crippen molar-refractivity contribution in [1.29, 1.82) is 0 Å². The van der Waals surface area contributed by atoms with Gasteiger partial charge in [-0.05, 0) is 30.7 Å². The van der Waals surface area contributed by atoms with Gasteiger partial charge in [-0.3, -0.25) is 9.89 Å². The summed E-state index contributed by atoms with van der Waals surface area (Å²) in [6.07, 6.45) is 11.5. The fourth-order valence-corrected chi connectivity index (χ4v) is 3.76. The molecule has 1 aliphatic carbocycles. The highest BCUT2D eigenvalue weighted by molar-refractivity contribution is 5.78. The lowest BCUT2D eigenvalue weighted by Gasteiger charge is -2.53. The largest absolute Gasteiger partial charge is 0.333 e. The van der Waals surface area contributed by atoms with Crippen LogP contribution in [0.5, 0.6) is 0 Å².